The van der Waals surface area contributed by atoms with E-state index >= 15 is 0 Å². The third kappa shape index (κ3) is 4.75. The van der Waals surface area contributed by atoms with Gasteiger partial charge in [-0.15, -0.1) is 11.3 Å². The Morgan fingerprint density at radius 3 is 1.94 bits per heavy atom. The maximum atomic E-state index is 3.78. The smallest absolute Gasteiger partial charge is 0.198 e. The van der Waals surface area contributed by atoms with Crippen LogP contribution in [0.4, 0.5) is 28.4 Å². The molecule has 11 rings (SSSR count). The molecule has 0 saturated carbocycles. The van der Waals surface area contributed by atoms with E-state index in [9.17, 15) is 0 Å². The van der Waals surface area contributed by atoms with E-state index in [2.05, 4.69) is 197 Å². The van der Waals surface area contributed by atoms with E-state index in [1.165, 1.54) is 69.7 Å². The van der Waals surface area contributed by atoms with Crippen LogP contribution in [0.1, 0.15) is 0 Å². The fourth-order valence-corrected chi connectivity index (χ4v) is 9.63. The van der Waals surface area contributed by atoms with E-state index in [4.69, 9.17) is 0 Å². The molecule has 2 aromatic heterocycles. The predicted octanol–water partition coefficient (Wildman–Crippen LogP) is 11.7. The van der Waals surface area contributed by atoms with Gasteiger partial charge in [0.05, 0.1) is 16.7 Å². The lowest BCUT2D eigenvalue weighted by atomic mass is 9.59. The molecule has 1 aliphatic rings. The van der Waals surface area contributed by atoms with E-state index in [1.807, 2.05) is 11.3 Å². The molecular weight excluding hydrogens is 661 g/mol. The highest BCUT2D eigenvalue weighted by Crippen LogP contribution is 2.47. The molecule has 0 saturated heterocycles. The molecule has 0 fully saturated rings. The third-order valence-corrected chi connectivity index (χ3v) is 11.9. The Balaban J connectivity index is 1.29. The zero-order chi connectivity index (χ0) is 34.9. The number of nitrogens with zero attached hydrogens (tertiary/aromatic N) is 2. The van der Waals surface area contributed by atoms with Crippen LogP contribution in [0.3, 0.4) is 0 Å². The van der Waals surface area contributed by atoms with Crippen molar-refractivity contribution in [1.29, 1.82) is 0 Å². The van der Waals surface area contributed by atoms with Crippen LogP contribution in [-0.4, -0.2) is 11.8 Å². The van der Waals surface area contributed by atoms with E-state index < -0.39 is 0 Å². The van der Waals surface area contributed by atoms with Crippen molar-refractivity contribution in [2.75, 3.05) is 10.2 Å². The summed E-state index contributed by atoms with van der Waals surface area (Å²) in [4.78, 5) is 2.44. The first-order chi connectivity index (χ1) is 26.3. The molecule has 0 aliphatic carbocycles. The Labute approximate surface area is 312 Å². The fraction of sp³-hybridized carbons (Fsp3) is 0. The van der Waals surface area contributed by atoms with Crippen molar-refractivity contribution in [3.8, 4) is 16.8 Å². The highest BCUT2D eigenvalue weighted by molar-refractivity contribution is 7.26. The van der Waals surface area contributed by atoms with Crippen LogP contribution in [0.5, 0.6) is 0 Å². The standard InChI is InChI=1S/C48H32BN3S/c1-4-16-31(17-5-1)50-40-25-13-10-22-34(40)38-29-43(51(32-18-6-2-7-19-32)33-20-8-3-9-21-33)46-36-24-11-14-26-41(36)52-42-28-37-35-23-12-15-27-44(35)53-45(37)30-39(42)49-47(38)48(46)52/h1-30,49-50H. The number of hydrogen-bond acceptors (Lipinski definition) is 3. The molecule has 8 aromatic carbocycles. The van der Waals surface area contributed by atoms with Crippen LogP contribution in [0.15, 0.2) is 182 Å². The molecule has 248 valence electrons. The van der Waals surface area contributed by atoms with Crippen molar-refractivity contribution in [3.05, 3.63) is 182 Å². The maximum Gasteiger partial charge on any atom is 0.198 e. The van der Waals surface area contributed by atoms with Gasteiger partial charge in [0.1, 0.15) is 0 Å². The van der Waals surface area contributed by atoms with E-state index in [0.717, 1.165) is 35.7 Å². The lowest BCUT2D eigenvalue weighted by Gasteiger charge is -2.30. The number of fused-ring (bicyclic) bond motifs is 8. The van der Waals surface area contributed by atoms with Gasteiger partial charge in [-0.05, 0) is 83.8 Å². The van der Waals surface area contributed by atoms with Crippen LogP contribution in [0.2, 0.25) is 0 Å². The molecule has 3 heterocycles. The molecule has 0 radical (unpaired) electrons. The topological polar surface area (TPSA) is 20.2 Å². The fourth-order valence-electron chi connectivity index (χ4n) is 8.48. The molecule has 1 aliphatic heterocycles. The Kier molecular flexibility index (Phi) is 6.82. The molecule has 0 unspecified atom stereocenters. The number of anilines is 5. The van der Waals surface area contributed by atoms with E-state index in [-0.39, 0.29) is 0 Å². The Morgan fingerprint density at radius 2 is 1.17 bits per heavy atom. The summed E-state index contributed by atoms with van der Waals surface area (Å²) in [6.45, 7) is 0. The molecule has 0 spiro atoms. The van der Waals surface area contributed by atoms with Crippen LogP contribution < -0.4 is 21.1 Å². The molecule has 53 heavy (non-hydrogen) atoms. The van der Waals surface area contributed by atoms with Crippen LogP contribution in [-0.2, 0) is 0 Å². The minimum Gasteiger partial charge on any atom is -0.355 e. The first-order valence-electron chi connectivity index (χ1n) is 18.2. The van der Waals surface area contributed by atoms with Crippen molar-refractivity contribution in [2.24, 2.45) is 0 Å². The number of benzene rings is 8. The number of rotatable bonds is 6. The Bertz CT molecular complexity index is 2960. The molecular formula is C48H32BN3S. The van der Waals surface area contributed by atoms with Crippen molar-refractivity contribution in [2.45, 2.75) is 0 Å². The van der Waals surface area contributed by atoms with Gasteiger partial charge in [0.2, 0.25) is 0 Å². The molecule has 1 N–H and O–H groups in total. The molecule has 10 aromatic rings. The molecule has 0 amide bonds. The zero-order valence-corrected chi connectivity index (χ0v) is 29.6. The van der Waals surface area contributed by atoms with Gasteiger partial charge in [-0.1, -0.05) is 115 Å². The van der Waals surface area contributed by atoms with Crippen LogP contribution in [0.25, 0.3) is 58.8 Å². The van der Waals surface area contributed by atoms with Crippen molar-refractivity contribution in [3.63, 3.8) is 0 Å². The monoisotopic (exact) mass is 693 g/mol. The van der Waals surface area contributed by atoms with Crippen molar-refractivity contribution < 1.29 is 0 Å². The second-order valence-corrected chi connectivity index (χ2v) is 14.9. The molecule has 0 bridgehead atoms. The minimum atomic E-state index is 0.832. The predicted molar refractivity (Wildman–Crippen MR) is 230 cm³/mol. The number of thiophene rings is 1. The van der Waals surface area contributed by atoms with Gasteiger partial charge in [-0.25, -0.2) is 0 Å². The summed E-state index contributed by atoms with van der Waals surface area (Å²) in [6.07, 6.45) is 0. The number of para-hydroxylation sites is 5. The van der Waals surface area contributed by atoms with Gasteiger partial charge in [0.15, 0.2) is 7.28 Å². The van der Waals surface area contributed by atoms with Gasteiger partial charge in [-0.3, -0.25) is 0 Å². The summed E-state index contributed by atoms with van der Waals surface area (Å²) in [5.41, 5.74) is 14.4. The van der Waals surface area contributed by atoms with Gasteiger partial charge in [-0.2, -0.15) is 0 Å². The van der Waals surface area contributed by atoms with Crippen LogP contribution >= 0.6 is 11.3 Å². The average Bonchev–Trinajstić information content (AvgIpc) is 3.76. The average molecular weight is 694 g/mol. The minimum absolute atomic E-state index is 0.832. The summed E-state index contributed by atoms with van der Waals surface area (Å²) in [7, 11) is 0.832. The Morgan fingerprint density at radius 1 is 0.528 bits per heavy atom. The van der Waals surface area contributed by atoms with Gasteiger partial charge in [0, 0.05) is 64.9 Å². The summed E-state index contributed by atoms with van der Waals surface area (Å²) < 4.78 is 5.24. The molecule has 0 atom stereocenters. The number of nitrogens with one attached hydrogen (secondary N) is 1. The van der Waals surface area contributed by atoms with Crippen LogP contribution in [0, 0.1) is 0 Å². The number of hydrogen-bond donors (Lipinski definition) is 1. The first-order valence-corrected chi connectivity index (χ1v) is 19.0. The highest BCUT2D eigenvalue weighted by Gasteiger charge is 2.31. The summed E-state index contributed by atoms with van der Waals surface area (Å²) in [6, 6.07) is 66.1. The second kappa shape index (κ2) is 12.0. The normalized spacial score (nSPS) is 11.9. The first kappa shape index (κ1) is 30.1. The summed E-state index contributed by atoms with van der Waals surface area (Å²) in [5, 5.41) is 8.94. The van der Waals surface area contributed by atoms with E-state index in [0.29, 0.717) is 0 Å². The van der Waals surface area contributed by atoms with Crippen molar-refractivity contribution in [1.82, 2.24) is 4.57 Å². The number of aromatic nitrogens is 1. The lowest BCUT2D eigenvalue weighted by molar-refractivity contribution is 1.20. The van der Waals surface area contributed by atoms with Gasteiger partial charge < -0.3 is 14.8 Å². The summed E-state index contributed by atoms with van der Waals surface area (Å²) >= 11 is 1.89. The molecule has 3 nitrogen and oxygen atoms in total. The third-order valence-electron chi connectivity index (χ3n) is 10.7. The Hall–Kier alpha value is -6.56. The highest BCUT2D eigenvalue weighted by atomic mass is 32.1. The maximum absolute atomic E-state index is 3.78. The second-order valence-electron chi connectivity index (χ2n) is 13.8. The lowest BCUT2D eigenvalue weighted by Crippen LogP contribution is -2.37. The summed E-state index contributed by atoms with van der Waals surface area (Å²) in [5.74, 6) is 0. The van der Waals surface area contributed by atoms with Gasteiger partial charge in [0.25, 0.3) is 0 Å². The zero-order valence-electron chi connectivity index (χ0n) is 28.8. The SMILES string of the molecule is B1c2cc3sc4ccccc4c3cc2-n2c3ccccc3c3c(N(c4ccccc4)c4ccccc4)cc(-c4ccccc4Nc4ccccc4)c1c32. The quantitative estimate of drug-likeness (QED) is 0.175. The van der Waals surface area contributed by atoms with Gasteiger partial charge >= 0.3 is 0 Å². The molecule has 5 heteroatoms. The largest absolute Gasteiger partial charge is 0.355 e. The van der Waals surface area contributed by atoms with E-state index in [1.54, 1.807) is 0 Å². The van der Waals surface area contributed by atoms with Crippen molar-refractivity contribution >= 4 is 100.0 Å².